The predicted molar refractivity (Wildman–Crippen MR) is 99.3 cm³/mol. The van der Waals surface area contributed by atoms with Gasteiger partial charge in [-0.25, -0.2) is 0 Å². The fourth-order valence-electron chi connectivity index (χ4n) is 2.65. The van der Waals surface area contributed by atoms with E-state index in [1.807, 2.05) is 54.6 Å². The van der Waals surface area contributed by atoms with E-state index in [4.69, 9.17) is 14.0 Å². The van der Waals surface area contributed by atoms with Crippen LogP contribution in [0.5, 0.6) is 5.75 Å². The molecule has 1 fully saturated rings. The molecule has 2 heterocycles. The quantitative estimate of drug-likeness (QED) is 0.739. The van der Waals surface area contributed by atoms with Crippen LogP contribution in [0, 0.1) is 0 Å². The normalized spacial score (nSPS) is 16.7. The van der Waals surface area contributed by atoms with Crippen molar-refractivity contribution in [3.8, 4) is 17.1 Å². The molecular formula is C19H20ClN3O3. The van der Waals surface area contributed by atoms with E-state index >= 15 is 0 Å². The lowest BCUT2D eigenvalue weighted by molar-refractivity contribution is 0.00755. The molecule has 0 saturated carbocycles. The minimum atomic E-state index is -0.177. The summed E-state index contributed by atoms with van der Waals surface area (Å²) < 4.78 is 16.8. The number of ether oxygens (including phenoxy) is 2. The van der Waals surface area contributed by atoms with Gasteiger partial charge in [-0.1, -0.05) is 35.5 Å². The second-order valence-corrected chi connectivity index (χ2v) is 5.82. The maximum Gasteiger partial charge on any atom is 0.257 e. The molecule has 0 spiro atoms. The Hall–Kier alpha value is -2.41. The van der Waals surface area contributed by atoms with Gasteiger partial charge in [-0.05, 0) is 29.8 Å². The highest BCUT2D eigenvalue weighted by Gasteiger charge is 2.22. The lowest BCUT2D eigenvalue weighted by Crippen LogP contribution is -2.33. The maximum absolute atomic E-state index is 5.79. The van der Waals surface area contributed by atoms with Crippen molar-refractivity contribution in [2.24, 2.45) is 0 Å². The van der Waals surface area contributed by atoms with Gasteiger partial charge in [0.15, 0.2) is 0 Å². The van der Waals surface area contributed by atoms with E-state index in [1.165, 1.54) is 0 Å². The third-order valence-corrected chi connectivity index (χ3v) is 4.01. The van der Waals surface area contributed by atoms with Crippen LogP contribution in [-0.4, -0.2) is 29.8 Å². The summed E-state index contributed by atoms with van der Waals surface area (Å²) in [6, 6.07) is 17.7. The van der Waals surface area contributed by atoms with Crippen LogP contribution in [0.3, 0.4) is 0 Å². The number of hydrogen-bond acceptors (Lipinski definition) is 6. The van der Waals surface area contributed by atoms with Crippen LogP contribution in [0.1, 0.15) is 17.6 Å². The minimum absolute atomic E-state index is 0. The van der Waals surface area contributed by atoms with E-state index in [0.29, 0.717) is 31.5 Å². The van der Waals surface area contributed by atoms with Crippen molar-refractivity contribution in [3.05, 3.63) is 66.1 Å². The first-order valence-corrected chi connectivity index (χ1v) is 8.31. The Morgan fingerprint density at radius 1 is 1.08 bits per heavy atom. The van der Waals surface area contributed by atoms with Gasteiger partial charge in [0.25, 0.3) is 5.89 Å². The van der Waals surface area contributed by atoms with Gasteiger partial charge >= 0.3 is 0 Å². The molecule has 6 nitrogen and oxygen atoms in total. The lowest BCUT2D eigenvalue weighted by atomic mass is 10.2. The summed E-state index contributed by atoms with van der Waals surface area (Å²) in [6.45, 7) is 2.73. The molecule has 26 heavy (non-hydrogen) atoms. The zero-order chi connectivity index (χ0) is 16.9. The predicted octanol–water partition coefficient (Wildman–Crippen LogP) is 3.40. The smallest absolute Gasteiger partial charge is 0.257 e. The number of aromatic nitrogens is 2. The van der Waals surface area contributed by atoms with Crippen molar-refractivity contribution in [2.75, 3.05) is 19.7 Å². The van der Waals surface area contributed by atoms with Crippen molar-refractivity contribution >= 4 is 12.4 Å². The van der Waals surface area contributed by atoms with Crippen molar-refractivity contribution in [1.29, 1.82) is 0 Å². The highest BCUT2D eigenvalue weighted by Crippen LogP contribution is 2.23. The monoisotopic (exact) mass is 373 g/mol. The first-order valence-electron chi connectivity index (χ1n) is 8.31. The molecule has 7 heteroatoms. The largest absolute Gasteiger partial charge is 0.489 e. The average Bonchev–Trinajstić information content (AvgIpc) is 3.19. The average molecular weight is 374 g/mol. The van der Waals surface area contributed by atoms with Crippen LogP contribution in [0.15, 0.2) is 59.1 Å². The molecule has 3 aromatic rings. The van der Waals surface area contributed by atoms with Gasteiger partial charge in [0.05, 0.1) is 6.61 Å². The van der Waals surface area contributed by atoms with E-state index in [-0.39, 0.29) is 18.5 Å². The lowest BCUT2D eigenvalue weighted by Gasteiger charge is -2.19. The van der Waals surface area contributed by atoms with Gasteiger partial charge < -0.3 is 19.3 Å². The highest BCUT2D eigenvalue weighted by molar-refractivity contribution is 5.85. The molecule has 1 saturated heterocycles. The number of halogens is 1. The molecule has 0 aliphatic carbocycles. The number of nitrogens with zero attached hydrogens (tertiary/aromatic N) is 2. The van der Waals surface area contributed by atoms with Gasteiger partial charge in [-0.3, -0.25) is 0 Å². The van der Waals surface area contributed by atoms with Gasteiger partial charge in [0.1, 0.15) is 18.5 Å². The second-order valence-electron chi connectivity index (χ2n) is 5.82. The summed E-state index contributed by atoms with van der Waals surface area (Å²) in [5.74, 6) is 1.86. The first-order chi connectivity index (χ1) is 12.4. The molecule has 4 rings (SSSR count). The summed E-state index contributed by atoms with van der Waals surface area (Å²) in [5, 5.41) is 7.30. The Balaban J connectivity index is 0.00000196. The van der Waals surface area contributed by atoms with Gasteiger partial charge in [0, 0.05) is 18.7 Å². The molecule has 1 aliphatic heterocycles. The summed E-state index contributed by atoms with van der Waals surface area (Å²) in [4.78, 5) is 4.44. The topological polar surface area (TPSA) is 69.4 Å². The summed E-state index contributed by atoms with van der Waals surface area (Å²) in [5.41, 5.74) is 2.02. The van der Waals surface area contributed by atoms with E-state index in [2.05, 4.69) is 15.5 Å². The van der Waals surface area contributed by atoms with Crippen molar-refractivity contribution in [3.63, 3.8) is 0 Å². The Morgan fingerprint density at radius 2 is 1.88 bits per heavy atom. The molecule has 1 aliphatic rings. The number of nitrogens with one attached hydrogen (secondary N) is 1. The molecular weight excluding hydrogens is 354 g/mol. The van der Waals surface area contributed by atoms with Crippen LogP contribution >= 0.6 is 12.4 Å². The molecule has 0 amide bonds. The molecule has 1 aromatic heterocycles. The van der Waals surface area contributed by atoms with Crippen molar-refractivity contribution in [2.45, 2.75) is 12.7 Å². The molecule has 1 atom stereocenters. The summed E-state index contributed by atoms with van der Waals surface area (Å²) >= 11 is 0. The summed E-state index contributed by atoms with van der Waals surface area (Å²) in [7, 11) is 0. The standard InChI is InChI=1S/C19H19N3O3.ClH/c1-2-4-14(5-3-1)13-24-16-8-6-15(7-9-16)18-21-19(25-22-18)17-12-20-10-11-23-17;/h1-9,17,20H,10-13H2;1H/t17-;/m0./s1. The number of benzene rings is 2. The number of morpholine rings is 1. The van der Waals surface area contributed by atoms with E-state index < -0.39 is 0 Å². The van der Waals surface area contributed by atoms with Gasteiger partial charge in [0.2, 0.25) is 5.82 Å². The minimum Gasteiger partial charge on any atom is -0.489 e. The number of rotatable bonds is 5. The fourth-order valence-corrected chi connectivity index (χ4v) is 2.65. The van der Waals surface area contributed by atoms with Crippen LogP contribution in [0.4, 0.5) is 0 Å². The SMILES string of the molecule is Cl.c1ccc(COc2ccc(-c3noc([C@@H]4CNCCO4)n3)cc2)cc1. The molecule has 0 radical (unpaired) electrons. The Labute approximate surface area is 157 Å². The Morgan fingerprint density at radius 3 is 2.62 bits per heavy atom. The fraction of sp³-hybridized carbons (Fsp3) is 0.263. The van der Waals surface area contributed by atoms with Crippen LogP contribution in [0.2, 0.25) is 0 Å². The van der Waals surface area contributed by atoms with E-state index in [0.717, 1.165) is 23.4 Å². The molecule has 1 N–H and O–H groups in total. The summed E-state index contributed by atoms with van der Waals surface area (Å²) in [6.07, 6.45) is -0.177. The van der Waals surface area contributed by atoms with E-state index in [1.54, 1.807) is 0 Å². The van der Waals surface area contributed by atoms with E-state index in [9.17, 15) is 0 Å². The zero-order valence-corrected chi connectivity index (χ0v) is 14.9. The highest BCUT2D eigenvalue weighted by atomic mass is 35.5. The molecule has 136 valence electrons. The Bertz CT molecular complexity index is 802. The molecule has 2 aromatic carbocycles. The maximum atomic E-state index is 5.79. The van der Waals surface area contributed by atoms with Gasteiger partial charge in [-0.2, -0.15) is 4.98 Å². The van der Waals surface area contributed by atoms with Crippen molar-refractivity contribution < 1.29 is 14.0 Å². The Kier molecular flexibility index (Phi) is 6.22. The van der Waals surface area contributed by atoms with Crippen LogP contribution in [-0.2, 0) is 11.3 Å². The third-order valence-electron chi connectivity index (χ3n) is 4.01. The van der Waals surface area contributed by atoms with Gasteiger partial charge in [-0.15, -0.1) is 12.4 Å². The first kappa shape index (κ1) is 18.4. The molecule has 0 bridgehead atoms. The molecule has 0 unspecified atom stereocenters. The zero-order valence-electron chi connectivity index (χ0n) is 14.1. The number of hydrogen-bond donors (Lipinski definition) is 1. The van der Waals surface area contributed by atoms with Crippen LogP contribution < -0.4 is 10.1 Å². The third kappa shape index (κ3) is 4.40. The van der Waals surface area contributed by atoms with Crippen molar-refractivity contribution in [1.82, 2.24) is 15.5 Å². The second kappa shape index (κ2) is 8.80. The van der Waals surface area contributed by atoms with Crippen LogP contribution in [0.25, 0.3) is 11.4 Å².